The first-order valence-corrected chi connectivity index (χ1v) is 10.9. The third-order valence-corrected chi connectivity index (χ3v) is 5.98. The van der Waals surface area contributed by atoms with Crippen molar-refractivity contribution < 1.29 is 18.3 Å². The highest BCUT2D eigenvalue weighted by molar-refractivity contribution is 7.92. The molecule has 3 aromatic rings. The fourth-order valence-corrected chi connectivity index (χ4v) is 4.39. The molecule has 1 aromatic heterocycles. The Morgan fingerprint density at radius 3 is 2.38 bits per heavy atom. The van der Waals surface area contributed by atoms with Gasteiger partial charge in [-0.1, -0.05) is 41.4 Å². The zero-order valence-electron chi connectivity index (χ0n) is 15.5. The van der Waals surface area contributed by atoms with Crippen LogP contribution in [0.3, 0.4) is 0 Å². The van der Waals surface area contributed by atoms with Gasteiger partial charge < -0.3 is 9.84 Å². The molecule has 0 radical (unpaired) electrons. The predicted octanol–water partition coefficient (Wildman–Crippen LogP) is 3.72. The fraction of sp³-hybridized carbons (Fsp3) is 0.211. The van der Waals surface area contributed by atoms with Crippen LogP contribution in [-0.2, 0) is 16.4 Å². The molecular formula is C19H19Cl2N3O4S. The van der Waals surface area contributed by atoms with Crippen LogP contribution >= 0.6 is 23.2 Å². The minimum atomic E-state index is -3.87. The van der Waals surface area contributed by atoms with Crippen LogP contribution in [0.15, 0.2) is 53.4 Å². The molecule has 0 saturated carbocycles. The van der Waals surface area contributed by atoms with E-state index in [1.807, 2.05) is 0 Å². The molecule has 154 valence electrons. The molecule has 29 heavy (non-hydrogen) atoms. The van der Waals surface area contributed by atoms with Crippen molar-refractivity contribution in [3.63, 3.8) is 0 Å². The second-order valence-electron chi connectivity index (χ2n) is 6.14. The second kappa shape index (κ2) is 9.04. The summed E-state index contributed by atoms with van der Waals surface area (Å²) in [7, 11) is -2.42. The zero-order valence-corrected chi connectivity index (χ0v) is 17.8. The Morgan fingerprint density at radius 2 is 1.79 bits per heavy atom. The Morgan fingerprint density at radius 1 is 1.14 bits per heavy atom. The molecule has 0 aliphatic rings. The lowest BCUT2D eigenvalue weighted by molar-refractivity contribution is 0.288. The van der Waals surface area contributed by atoms with E-state index < -0.39 is 10.0 Å². The molecule has 1 heterocycles. The summed E-state index contributed by atoms with van der Waals surface area (Å²) in [5, 5.41) is 14.0. The number of aliphatic hydroxyl groups excluding tert-OH is 1. The number of aliphatic hydroxyl groups is 1. The number of aryl methyl sites for hydroxylation is 1. The summed E-state index contributed by atoms with van der Waals surface area (Å²) in [5.41, 5.74) is 1.61. The van der Waals surface area contributed by atoms with Crippen LogP contribution in [0.5, 0.6) is 5.75 Å². The van der Waals surface area contributed by atoms with Gasteiger partial charge in [-0.2, -0.15) is 23.1 Å². The first-order valence-electron chi connectivity index (χ1n) is 8.67. The van der Waals surface area contributed by atoms with Gasteiger partial charge in [0.2, 0.25) is 0 Å². The molecule has 0 atom stereocenters. The number of aromatic nitrogens is 2. The van der Waals surface area contributed by atoms with Crippen molar-refractivity contribution >= 4 is 33.2 Å². The lowest BCUT2D eigenvalue weighted by Gasteiger charge is -2.13. The standard InChI is InChI=1S/C19H19Cl2N3O4S/c1-28-19-16(20)10-13(11-17(19)21)18-12-14(6-5-9-25)22-24(18)23-29(26,27)15-7-3-2-4-8-15/h2-4,7-8,10-12,23,25H,5-6,9H2,1H3. The lowest BCUT2D eigenvalue weighted by Crippen LogP contribution is -2.25. The van der Waals surface area contributed by atoms with Crippen molar-refractivity contribution in [2.75, 3.05) is 18.5 Å². The van der Waals surface area contributed by atoms with E-state index in [-0.39, 0.29) is 21.5 Å². The van der Waals surface area contributed by atoms with Gasteiger partial charge in [0.15, 0.2) is 5.75 Å². The van der Waals surface area contributed by atoms with Gasteiger partial charge in [-0.25, -0.2) is 0 Å². The molecule has 0 unspecified atom stereocenters. The minimum Gasteiger partial charge on any atom is -0.494 e. The van der Waals surface area contributed by atoms with E-state index >= 15 is 0 Å². The summed E-state index contributed by atoms with van der Waals surface area (Å²) < 4.78 is 30.7. The van der Waals surface area contributed by atoms with Gasteiger partial charge in [-0.3, -0.25) is 0 Å². The molecule has 2 N–H and O–H groups in total. The highest BCUT2D eigenvalue weighted by Gasteiger charge is 2.20. The molecule has 0 spiro atoms. The van der Waals surface area contributed by atoms with Gasteiger partial charge in [0.05, 0.1) is 33.4 Å². The number of ether oxygens (including phenoxy) is 1. The van der Waals surface area contributed by atoms with Crippen LogP contribution in [0.1, 0.15) is 12.1 Å². The Balaban J connectivity index is 2.06. The maximum Gasteiger partial charge on any atom is 0.276 e. The van der Waals surface area contributed by atoms with E-state index in [0.717, 1.165) is 0 Å². The molecule has 0 amide bonds. The summed E-state index contributed by atoms with van der Waals surface area (Å²) in [6.45, 7) is -0.00186. The molecule has 0 saturated heterocycles. The van der Waals surface area contributed by atoms with E-state index in [2.05, 4.69) is 9.93 Å². The Hall–Kier alpha value is -2.26. The molecule has 0 aliphatic carbocycles. The summed E-state index contributed by atoms with van der Waals surface area (Å²) >= 11 is 12.5. The Labute approximate surface area is 178 Å². The third kappa shape index (κ3) is 4.84. The summed E-state index contributed by atoms with van der Waals surface area (Å²) in [5.74, 6) is 0.327. The predicted molar refractivity (Wildman–Crippen MR) is 113 cm³/mol. The smallest absolute Gasteiger partial charge is 0.276 e. The summed E-state index contributed by atoms with van der Waals surface area (Å²) in [4.78, 5) is 3.74. The minimum absolute atomic E-state index is 0.00186. The van der Waals surface area contributed by atoms with Crippen molar-refractivity contribution in [3.05, 3.63) is 64.3 Å². The average molecular weight is 456 g/mol. The Kier molecular flexibility index (Phi) is 6.69. The molecule has 0 aliphatic heterocycles. The number of nitrogens with zero attached hydrogens (tertiary/aromatic N) is 2. The van der Waals surface area contributed by atoms with Crippen molar-refractivity contribution in [1.82, 2.24) is 9.89 Å². The molecule has 7 nitrogen and oxygen atoms in total. The first kappa shape index (κ1) is 21.4. The maximum absolute atomic E-state index is 12.8. The topological polar surface area (TPSA) is 93.4 Å². The van der Waals surface area contributed by atoms with Gasteiger partial charge in [0.1, 0.15) is 0 Å². The van der Waals surface area contributed by atoms with E-state index in [1.54, 1.807) is 36.4 Å². The highest BCUT2D eigenvalue weighted by Crippen LogP contribution is 2.37. The molecule has 0 bridgehead atoms. The first-order chi connectivity index (χ1) is 13.9. The van der Waals surface area contributed by atoms with Crippen molar-refractivity contribution in [1.29, 1.82) is 0 Å². The van der Waals surface area contributed by atoms with E-state index in [4.69, 9.17) is 33.0 Å². The van der Waals surface area contributed by atoms with Crippen LogP contribution in [0.25, 0.3) is 11.3 Å². The van der Waals surface area contributed by atoms with E-state index in [1.165, 1.54) is 24.0 Å². The third-order valence-electron chi connectivity index (χ3n) is 4.11. The normalized spacial score (nSPS) is 11.4. The number of methoxy groups -OCH3 is 1. The fourth-order valence-electron chi connectivity index (χ4n) is 2.76. The number of sulfonamides is 1. The zero-order chi connectivity index (χ0) is 21.0. The second-order valence-corrected chi connectivity index (χ2v) is 8.62. The number of nitrogens with one attached hydrogen (secondary N) is 1. The van der Waals surface area contributed by atoms with Crippen LogP contribution in [-0.4, -0.2) is 37.1 Å². The van der Waals surface area contributed by atoms with Crippen LogP contribution < -0.4 is 9.57 Å². The van der Waals surface area contributed by atoms with Gasteiger partial charge >= 0.3 is 0 Å². The number of hydrogen-bond acceptors (Lipinski definition) is 5. The quantitative estimate of drug-likeness (QED) is 0.539. The van der Waals surface area contributed by atoms with Crippen LogP contribution in [0.2, 0.25) is 10.0 Å². The highest BCUT2D eigenvalue weighted by atomic mass is 35.5. The average Bonchev–Trinajstić information content (AvgIpc) is 3.08. The van der Waals surface area contributed by atoms with Gasteiger partial charge in [-0.15, -0.1) is 0 Å². The van der Waals surface area contributed by atoms with E-state index in [0.29, 0.717) is 35.5 Å². The number of benzene rings is 2. The number of halogens is 2. The van der Waals surface area contributed by atoms with Gasteiger partial charge in [-0.05, 0) is 43.2 Å². The SMILES string of the molecule is COc1c(Cl)cc(-c2cc(CCCO)nn2NS(=O)(=O)c2ccccc2)cc1Cl. The van der Waals surface area contributed by atoms with E-state index in [9.17, 15) is 8.42 Å². The number of rotatable bonds is 8. The molecule has 0 fully saturated rings. The van der Waals surface area contributed by atoms with Crippen LogP contribution in [0.4, 0.5) is 0 Å². The van der Waals surface area contributed by atoms with Crippen molar-refractivity contribution in [3.8, 4) is 17.0 Å². The maximum atomic E-state index is 12.8. The van der Waals surface area contributed by atoms with Gasteiger partial charge in [0.25, 0.3) is 10.0 Å². The van der Waals surface area contributed by atoms with Crippen molar-refractivity contribution in [2.24, 2.45) is 0 Å². The van der Waals surface area contributed by atoms with Gasteiger partial charge in [0, 0.05) is 12.2 Å². The van der Waals surface area contributed by atoms with Crippen molar-refractivity contribution in [2.45, 2.75) is 17.7 Å². The summed E-state index contributed by atoms with van der Waals surface area (Å²) in [6.07, 6.45) is 0.965. The molecular weight excluding hydrogens is 437 g/mol. The van der Waals surface area contributed by atoms with Crippen LogP contribution in [0, 0.1) is 0 Å². The summed E-state index contributed by atoms with van der Waals surface area (Å²) in [6, 6.07) is 12.9. The number of hydrogen-bond donors (Lipinski definition) is 2. The lowest BCUT2D eigenvalue weighted by atomic mass is 10.1. The Bertz CT molecular complexity index is 1080. The molecule has 2 aromatic carbocycles. The molecule has 3 rings (SSSR count). The molecule has 10 heteroatoms. The largest absolute Gasteiger partial charge is 0.494 e. The monoisotopic (exact) mass is 455 g/mol.